The molecule has 170 valence electrons. The summed E-state index contributed by atoms with van der Waals surface area (Å²) in [7, 11) is 0. The van der Waals surface area contributed by atoms with Gasteiger partial charge in [-0.25, -0.2) is 9.07 Å². The highest BCUT2D eigenvalue weighted by Crippen LogP contribution is 2.29. The zero-order valence-corrected chi connectivity index (χ0v) is 17.6. The molecule has 2 aromatic carbocycles. The molecule has 0 spiro atoms. The maximum atomic E-state index is 14.7. The summed E-state index contributed by atoms with van der Waals surface area (Å²) in [5, 5.41) is 18.6. The van der Waals surface area contributed by atoms with Crippen LogP contribution in [0.1, 0.15) is 42.2 Å². The molecule has 1 fully saturated rings. The summed E-state index contributed by atoms with van der Waals surface area (Å²) in [6.45, 7) is 2.21. The molecule has 0 saturated carbocycles. The van der Waals surface area contributed by atoms with E-state index in [-0.39, 0.29) is 18.0 Å². The minimum Gasteiger partial charge on any atom is -0.415 e. The zero-order valence-electron chi connectivity index (χ0n) is 17.6. The summed E-state index contributed by atoms with van der Waals surface area (Å²) in [5.41, 5.74) is 3.57. The Labute approximate surface area is 187 Å². The lowest BCUT2D eigenvalue weighted by Gasteiger charge is -2.23. The molecular weight excluding hydrogens is 433 g/mol. The lowest BCUT2D eigenvalue weighted by atomic mass is 9.89. The lowest BCUT2D eigenvalue weighted by Crippen LogP contribution is -2.26. The summed E-state index contributed by atoms with van der Waals surface area (Å²) in [5.74, 6) is -0.958. The molecule has 0 amide bonds. The van der Waals surface area contributed by atoms with Gasteiger partial charge >= 0.3 is 6.43 Å². The topological polar surface area (TPSA) is 81.7 Å². The molecular formula is C23H21F3N6O. The van der Waals surface area contributed by atoms with Crippen molar-refractivity contribution < 1.29 is 17.6 Å². The van der Waals surface area contributed by atoms with Crippen LogP contribution in [0.4, 0.5) is 13.2 Å². The number of nitrogens with one attached hydrogen (secondary N) is 1. The van der Waals surface area contributed by atoms with Gasteiger partial charge in [-0.3, -0.25) is 0 Å². The Morgan fingerprint density at radius 3 is 2.64 bits per heavy atom. The maximum absolute atomic E-state index is 14.7. The molecule has 0 radical (unpaired) electrons. The Morgan fingerprint density at radius 1 is 1.03 bits per heavy atom. The van der Waals surface area contributed by atoms with Gasteiger partial charge in [0.25, 0.3) is 5.89 Å². The smallest absolute Gasteiger partial charge is 0.314 e. The minimum atomic E-state index is -2.88. The van der Waals surface area contributed by atoms with Crippen molar-refractivity contribution >= 4 is 0 Å². The second kappa shape index (κ2) is 9.14. The van der Waals surface area contributed by atoms with Gasteiger partial charge in [-0.05, 0) is 55.6 Å². The second-order valence-corrected chi connectivity index (χ2v) is 8.00. The average Bonchev–Trinajstić information content (AvgIpc) is 3.52. The maximum Gasteiger partial charge on any atom is 0.314 e. The number of rotatable bonds is 6. The third-order valence-electron chi connectivity index (χ3n) is 5.79. The molecule has 4 aromatic rings. The van der Waals surface area contributed by atoms with E-state index in [1.807, 2.05) is 12.1 Å². The van der Waals surface area contributed by atoms with Gasteiger partial charge < -0.3 is 9.73 Å². The number of hydrogen-bond donors (Lipinski definition) is 1. The summed E-state index contributed by atoms with van der Waals surface area (Å²) in [6, 6.07) is 12.6. The van der Waals surface area contributed by atoms with E-state index in [0.717, 1.165) is 31.5 Å². The van der Waals surface area contributed by atoms with Gasteiger partial charge in [0.05, 0.1) is 12.7 Å². The van der Waals surface area contributed by atoms with E-state index in [1.165, 1.54) is 17.7 Å². The summed E-state index contributed by atoms with van der Waals surface area (Å²) < 4.78 is 46.4. The van der Waals surface area contributed by atoms with Crippen molar-refractivity contribution in [2.45, 2.75) is 31.7 Å². The first-order valence-corrected chi connectivity index (χ1v) is 10.7. The van der Waals surface area contributed by atoms with E-state index >= 15 is 0 Å². The molecule has 0 bridgehead atoms. The third-order valence-corrected chi connectivity index (χ3v) is 5.79. The van der Waals surface area contributed by atoms with Crippen molar-refractivity contribution in [2.75, 3.05) is 13.1 Å². The highest BCUT2D eigenvalue weighted by atomic mass is 19.3. The Bertz CT molecular complexity index is 1250. The van der Waals surface area contributed by atoms with E-state index in [0.29, 0.717) is 17.2 Å². The fourth-order valence-corrected chi connectivity index (χ4v) is 4.04. The molecule has 7 nitrogen and oxygen atoms in total. The highest BCUT2D eigenvalue weighted by Gasteiger charge is 2.19. The molecule has 1 aliphatic rings. The number of hydrogen-bond acceptors (Lipinski definition) is 6. The second-order valence-electron chi connectivity index (χ2n) is 8.00. The van der Waals surface area contributed by atoms with Crippen molar-refractivity contribution in [3.05, 3.63) is 71.5 Å². The van der Waals surface area contributed by atoms with E-state index < -0.39 is 18.1 Å². The van der Waals surface area contributed by atoms with Gasteiger partial charge in [-0.15, -0.1) is 15.3 Å². The number of benzene rings is 2. The highest BCUT2D eigenvalue weighted by molar-refractivity contribution is 5.59. The van der Waals surface area contributed by atoms with Gasteiger partial charge in [0.1, 0.15) is 11.5 Å². The number of alkyl halides is 2. The van der Waals surface area contributed by atoms with Crippen LogP contribution in [0, 0.1) is 5.82 Å². The molecule has 5 rings (SSSR count). The van der Waals surface area contributed by atoms with Crippen LogP contribution >= 0.6 is 0 Å². The molecule has 0 unspecified atom stereocenters. The quantitative estimate of drug-likeness (QED) is 0.459. The van der Waals surface area contributed by atoms with Crippen molar-refractivity contribution in [1.29, 1.82) is 0 Å². The normalized spacial score (nSPS) is 14.8. The summed E-state index contributed by atoms with van der Waals surface area (Å²) >= 11 is 0. The Morgan fingerprint density at radius 2 is 1.88 bits per heavy atom. The van der Waals surface area contributed by atoms with E-state index in [4.69, 9.17) is 4.42 Å². The minimum absolute atomic E-state index is 0.160. The Hall–Kier alpha value is -3.53. The molecule has 10 heteroatoms. The predicted octanol–water partition coefficient (Wildman–Crippen LogP) is 4.59. The first kappa shape index (κ1) is 21.3. The number of aromatic nitrogens is 5. The molecule has 1 N–H and O–H groups in total. The van der Waals surface area contributed by atoms with Crippen LogP contribution in [-0.4, -0.2) is 38.3 Å². The third kappa shape index (κ3) is 4.65. The number of piperidine rings is 1. The van der Waals surface area contributed by atoms with E-state index in [9.17, 15) is 13.2 Å². The predicted molar refractivity (Wildman–Crippen MR) is 114 cm³/mol. The van der Waals surface area contributed by atoms with Crippen LogP contribution in [0.15, 0.2) is 53.1 Å². The van der Waals surface area contributed by atoms with Crippen LogP contribution in [0.3, 0.4) is 0 Å². The fraction of sp³-hybridized carbons (Fsp3) is 0.304. The van der Waals surface area contributed by atoms with Crippen LogP contribution in [-0.2, 0) is 6.54 Å². The standard InChI is InChI=1S/C23H21F3N6O/c24-19-11-17(22-29-30-23(33-22)21(25)26)4-5-18(19)12-32-13-20(28-31-32)16-3-1-2-15(10-16)14-6-8-27-9-7-14/h1-5,10-11,13-14,21,27H,6-9,12H2. The molecule has 3 heterocycles. The van der Waals surface area contributed by atoms with Gasteiger partial charge in [-0.2, -0.15) is 8.78 Å². The van der Waals surface area contributed by atoms with Crippen molar-refractivity contribution in [2.24, 2.45) is 0 Å². The van der Waals surface area contributed by atoms with Crippen molar-refractivity contribution in [3.63, 3.8) is 0 Å². The van der Waals surface area contributed by atoms with Gasteiger partial charge in [0.15, 0.2) is 0 Å². The monoisotopic (exact) mass is 454 g/mol. The first-order chi connectivity index (χ1) is 16.1. The Balaban J connectivity index is 1.32. The molecule has 1 aliphatic heterocycles. The fourth-order valence-electron chi connectivity index (χ4n) is 4.04. The number of nitrogens with zero attached hydrogens (tertiary/aromatic N) is 5. The van der Waals surface area contributed by atoms with Crippen LogP contribution < -0.4 is 5.32 Å². The molecule has 2 aromatic heterocycles. The molecule has 1 saturated heterocycles. The molecule has 0 atom stereocenters. The van der Waals surface area contributed by atoms with Crippen molar-refractivity contribution in [1.82, 2.24) is 30.5 Å². The van der Waals surface area contributed by atoms with Crippen LogP contribution in [0.2, 0.25) is 0 Å². The zero-order chi connectivity index (χ0) is 22.8. The van der Waals surface area contributed by atoms with Crippen LogP contribution in [0.25, 0.3) is 22.7 Å². The van der Waals surface area contributed by atoms with Gasteiger partial charge in [0, 0.05) is 16.7 Å². The summed E-state index contributed by atoms with van der Waals surface area (Å²) in [6.07, 6.45) is 1.12. The average molecular weight is 454 g/mol. The van der Waals surface area contributed by atoms with E-state index in [2.05, 4.69) is 38.0 Å². The molecule has 0 aliphatic carbocycles. The Kier molecular flexibility index (Phi) is 5.91. The lowest BCUT2D eigenvalue weighted by molar-refractivity contribution is 0.116. The van der Waals surface area contributed by atoms with E-state index in [1.54, 1.807) is 16.9 Å². The largest absolute Gasteiger partial charge is 0.415 e. The van der Waals surface area contributed by atoms with Gasteiger partial charge in [0.2, 0.25) is 5.89 Å². The van der Waals surface area contributed by atoms with Gasteiger partial charge in [-0.1, -0.05) is 29.5 Å². The summed E-state index contributed by atoms with van der Waals surface area (Å²) in [4.78, 5) is 0. The number of halogens is 3. The van der Waals surface area contributed by atoms with Crippen LogP contribution in [0.5, 0.6) is 0 Å². The molecule has 33 heavy (non-hydrogen) atoms. The SMILES string of the molecule is Fc1cc(-c2nnc(C(F)F)o2)ccc1Cn1cc(-c2cccc(C3CCNCC3)c2)nn1. The first-order valence-electron chi connectivity index (χ1n) is 10.7. The van der Waals surface area contributed by atoms with Crippen molar-refractivity contribution in [3.8, 4) is 22.7 Å².